The minimum Gasteiger partial charge on any atom is -0.459 e. The number of hydrogen-bond donors (Lipinski definition) is 1. The summed E-state index contributed by atoms with van der Waals surface area (Å²) >= 11 is 0. The molecular formula is C18H22F3N3O2. The number of halogens is 3. The Morgan fingerprint density at radius 2 is 1.85 bits per heavy atom. The Bertz CT molecular complexity index is 749. The lowest BCUT2D eigenvalue weighted by Crippen LogP contribution is -2.30. The van der Waals surface area contributed by atoms with Crippen LogP contribution in [0.15, 0.2) is 36.5 Å². The number of hydrogen-bond acceptors (Lipinski definition) is 4. The van der Waals surface area contributed by atoms with Crippen LogP contribution in [0.5, 0.6) is 0 Å². The quantitative estimate of drug-likeness (QED) is 0.817. The molecule has 0 aliphatic rings. The van der Waals surface area contributed by atoms with E-state index in [1.165, 1.54) is 12.1 Å². The number of aromatic nitrogens is 2. The zero-order valence-electron chi connectivity index (χ0n) is 14.9. The van der Waals surface area contributed by atoms with Gasteiger partial charge in [-0.05, 0) is 45.9 Å². The van der Waals surface area contributed by atoms with Crippen molar-refractivity contribution in [3.63, 3.8) is 0 Å². The van der Waals surface area contributed by atoms with Crippen LogP contribution in [0.2, 0.25) is 0 Å². The molecule has 0 aliphatic carbocycles. The number of esters is 1. The van der Waals surface area contributed by atoms with Crippen molar-refractivity contribution in [2.75, 3.05) is 6.54 Å². The molecule has 0 amide bonds. The molecule has 0 bridgehead atoms. The van der Waals surface area contributed by atoms with E-state index in [9.17, 15) is 18.0 Å². The Morgan fingerprint density at radius 1 is 1.23 bits per heavy atom. The van der Waals surface area contributed by atoms with E-state index in [-0.39, 0.29) is 24.2 Å². The first-order valence-electron chi connectivity index (χ1n) is 8.18. The van der Waals surface area contributed by atoms with Gasteiger partial charge in [-0.15, -0.1) is 0 Å². The van der Waals surface area contributed by atoms with E-state index in [0.29, 0.717) is 0 Å². The summed E-state index contributed by atoms with van der Waals surface area (Å²) in [4.78, 5) is 12.5. The molecular weight excluding hydrogens is 347 g/mol. The SMILES string of the molecule is CC(C)(C)OC(=O)C(CCN)c1cnn(-c2ccccc2)c1C(F)(F)F. The predicted molar refractivity (Wildman–Crippen MR) is 90.8 cm³/mol. The number of carbonyl (C=O) groups excluding carboxylic acids is 1. The van der Waals surface area contributed by atoms with Crippen LogP contribution < -0.4 is 5.73 Å². The van der Waals surface area contributed by atoms with Crippen molar-refractivity contribution in [3.8, 4) is 5.69 Å². The van der Waals surface area contributed by atoms with E-state index >= 15 is 0 Å². The summed E-state index contributed by atoms with van der Waals surface area (Å²) in [7, 11) is 0. The highest BCUT2D eigenvalue weighted by atomic mass is 19.4. The molecule has 0 radical (unpaired) electrons. The normalized spacial score (nSPS) is 13.5. The Kier molecular flexibility index (Phi) is 5.75. The first-order chi connectivity index (χ1) is 12.0. The first kappa shape index (κ1) is 20.0. The summed E-state index contributed by atoms with van der Waals surface area (Å²) in [6, 6.07) is 7.94. The molecule has 0 aliphatic heterocycles. The van der Waals surface area contributed by atoms with Crippen molar-refractivity contribution >= 4 is 5.97 Å². The number of alkyl halides is 3. The van der Waals surface area contributed by atoms with Crippen molar-refractivity contribution in [2.45, 2.75) is 44.9 Å². The average Bonchev–Trinajstić information content (AvgIpc) is 2.96. The lowest BCUT2D eigenvalue weighted by Gasteiger charge is -2.24. The minimum absolute atomic E-state index is 0.0263. The Morgan fingerprint density at radius 3 is 2.35 bits per heavy atom. The summed E-state index contributed by atoms with van der Waals surface area (Å²) in [5, 5.41) is 3.88. The molecule has 1 aromatic carbocycles. The van der Waals surface area contributed by atoms with Gasteiger partial charge in [0.15, 0.2) is 5.69 Å². The molecule has 26 heavy (non-hydrogen) atoms. The number of nitrogens with two attached hydrogens (primary N) is 1. The van der Waals surface area contributed by atoms with Crippen LogP contribution in [0.25, 0.3) is 5.69 Å². The van der Waals surface area contributed by atoms with Gasteiger partial charge in [0.05, 0.1) is 17.8 Å². The van der Waals surface area contributed by atoms with Gasteiger partial charge in [0, 0.05) is 5.56 Å². The molecule has 0 spiro atoms. The van der Waals surface area contributed by atoms with Gasteiger partial charge >= 0.3 is 12.1 Å². The summed E-state index contributed by atoms with van der Waals surface area (Å²) in [5.41, 5.74) is 3.73. The summed E-state index contributed by atoms with van der Waals surface area (Å²) in [5.74, 6) is -1.89. The Balaban J connectivity index is 2.56. The van der Waals surface area contributed by atoms with Crippen LogP contribution in [-0.2, 0) is 15.7 Å². The number of carbonyl (C=O) groups is 1. The van der Waals surface area contributed by atoms with Gasteiger partial charge in [0.1, 0.15) is 5.60 Å². The van der Waals surface area contributed by atoms with Crippen LogP contribution in [0.4, 0.5) is 13.2 Å². The lowest BCUT2D eigenvalue weighted by molar-refractivity contribution is -0.157. The fourth-order valence-electron chi connectivity index (χ4n) is 2.60. The van der Waals surface area contributed by atoms with E-state index < -0.39 is 29.4 Å². The second-order valence-electron chi connectivity index (χ2n) is 6.86. The fraction of sp³-hybridized carbons (Fsp3) is 0.444. The summed E-state index contributed by atoms with van der Waals surface area (Å²) < 4.78 is 47.4. The van der Waals surface area contributed by atoms with Crippen molar-refractivity contribution in [1.29, 1.82) is 0 Å². The zero-order chi connectivity index (χ0) is 19.5. The molecule has 1 unspecified atom stereocenters. The Labute approximate surface area is 149 Å². The monoisotopic (exact) mass is 369 g/mol. The summed E-state index contributed by atoms with van der Waals surface area (Å²) in [6.45, 7) is 5.01. The molecule has 5 nitrogen and oxygen atoms in total. The van der Waals surface area contributed by atoms with Gasteiger partial charge in [-0.25, -0.2) is 4.68 Å². The van der Waals surface area contributed by atoms with E-state index in [0.717, 1.165) is 10.9 Å². The van der Waals surface area contributed by atoms with Crippen molar-refractivity contribution < 1.29 is 22.7 Å². The molecule has 142 valence electrons. The maximum Gasteiger partial charge on any atom is 0.433 e. The van der Waals surface area contributed by atoms with Crippen LogP contribution in [0.3, 0.4) is 0 Å². The van der Waals surface area contributed by atoms with Crippen LogP contribution in [0.1, 0.15) is 44.4 Å². The number of nitrogens with zero attached hydrogens (tertiary/aromatic N) is 2. The van der Waals surface area contributed by atoms with Gasteiger partial charge in [0.2, 0.25) is 0 Å². The van der Waals surface area contributed by atoms with Gasteiger partial charge in [0.25, 0.3) is 0 Å². The fourth-order valence-corrected chi connectivity index (χ4v) is 2.60. The van der Waals surface area contributed by atoms with E-state index in [2.05, 4.69) is 5.10 Å². The highest BCUT2D eigenvalue weighted by molar-refractivity contribution is 5.79. The zero-order valence-corrected chi connectivity index (χ0v) is 14.9. The second-order valence-corrected chi connectivity index (χ2v) is 6.86. The molecule has 2 rings (SSSR count). The Hall–Kier alpha value is -2.35. The topological polar surface area (TPSA) is 70.1 Å². The average molecular weight is 369 g/mol. The van der Waals surface area contributed by atoms with Gasteiger partial charge in [-0.1, -0.05) is 18.2 Å². The molecule has 0 saturated heterocycles. The van der Waals surface area contributed by atoms with E-state index in [1.807, 2.05) is 0 Å². The first-order valence-corrected chi connectivity index (χ1v) is 8.18. The summed E-state index contributed by atoms with van der Waals surface area (Å²) in [6.07, 6.45) is -3.60. The number of rotatable bonds is 5. The number of benzene rings is 1. The van der Waals surface area contributed by atoms with E-state index in [1.54, 1.807) is 39.0 Å². The third-order valence-corrected chi connectivity index (χ3v) is 3.59. The molecule has 2 aromatic rings. The predicted octanol–water partition coefficient (Wildman–Crippen LogP) is 3.67. The number of ether oxygens (including phenoxy) is 1. The van der Waals surface area contributed by atoms with Crippen molar-refractivity contribution in [1.82, 2.24) is 9.78 Å². The van der Waals surface area contributed by atoms with E-state index in [4.69, 9.17) is 10.5 Å². The maximum atomic E-state index is 13.8. The van der Waals surface area contributed by atoms with Gasteiger partial charge in [-0.3, -0.25) is 4.79 Å². The van der Waals surface area contributed by atoms with Crippen LogP contribution >= 0.6 is 0 Å². The van der Waals surface area contributed by atoms with Crippen molar-refractivity contribution in [2.24, 2.45) is 5.73 Å². The highest BCUT2D eigenvalue weighted by Crippen LogP contribution is 2.38. The third kappa shape index (κ3) is 4.63. The van der Waals surface area contributed by atoms with Gasteiger partial charge in [-0.2, -0.15) is 18.3 Å². The minimum atomic E-state index is -4.70. The van der Waals surface area contributed by atoms with Crippen molar-refractivity contribution in [3.05, 3.63) is 47.8 Å². The molecule has 8 heteroatoms. The molecule has 0 saturated carbocycles. The molecule has 1 aromatic heterocycles. The lowest BCUT2D eigenvalue weighted by atomic mass is 9.95. The van der Waals surface area contributed by atoms with Gasteiger partial charge < -0.3 is 10.5 Å². The van der Waals surface area contributed by atoms with Crippen LogP contribution in [0, 0.1) is 0 Å². The number of para-hydroxylation sites is 1. The standard InChI is InChI=1S/C18H22F3N3O2/c1-17(2,3)26-16(25)13(9-10-22)14-11-23-24(15(14)18(19,20)21)12-7-5-4-6-8-12/h4-8,11,13H,9-10,22H2,1-3H3. The smallest absolute Gasteiger partial charge is 0.433 e. The molecule has 0 fully saturated rings. The van der Waals surface area contributed by atoms with Crippen LogP contribution in [-0.4, -0.2) is 27.9 Å². The third-order valence-electron chi connectivity index (χ3n) is 3.59. The highest BCUT2D eigenvalue weighted by Gasteiger charge is 2.42. The largest absolute Gasteiger partial charge is 0.459 e. The molecule has 2 N–H and O–H groups in total. The maximum absolute atomic E-state index is 13.8. The second kappa shape index (κ2) is 7.49. The molecule has 1 heterocycles. The molecule has 1 atom stereocenters.